The van der Waals surface area contributed by atoms with Gasteiger partial charge in [0.1, 0.15) is 6.04 Å². The molecule has 1 N–H and O–H groups in total. The lowest BCUT2D eigenvalue weighted by molar-refractivity contribution is 0.303. The SMILES string of the molecule is CCCC(N=O)c1cccc(ON=NN=NN=NN=N)c1. The van der Waals surface area contributed by atoms with Crippen molar-refractivity contribution in [2.45, 2.75) is 25.8 Å². The second-order valence-electron chi connectivity index (χ2n) is 3.70. The van der Waals surface area contributed by atoms with E-state index in [9.17, 15) is 4.91 Å². The zero-order valence-corrected chi connectivity index (χ0v) is 11.2. The van der Waals surface area contributed by atoms with Gasteiger partial charge in [0, 0.05) is 15.7 Å². The topological polar surface area (TPSA) is 149 Å². The average Bonchev–Trinajstić information content (AvgIpc) is 2.52. The van der Waals surface area contributed by atoms with Gasteiger partial charge >= 0.3 is 0 Å². The van der Waals surface area contributed by atoms with E-state index in [-0.39, 0.29) is 0 Å². The molecule has 0 aromatic heterocycles. The fourth-order valence-corrected chi connectivity index (χ4v) is 1.49. The first-order valence-electron chi connectivity index (χ1n) is 5.98. The van der Waals surface area contributed by atoms with Crippen LogP contribution in [0.15, 0.2) is 66.1 Å². The van der Waals surface area contributed by atoms with Crippen LogP contribution < -0.4 is 4.84 Å². The first-order chi connectivity index (χ1) is 10.3. The van der Waals surface area contributed by atoms with Crippen LogP contribution in [0.4, 0.5) is 0 Å². The van der Waals surface area contributed by atoms with E-state index in [1.54, 1.807) is 24.3 Å². The van der Waals surface area contributed by atoms with Crippen molar-refractivity contribution in [3.05, 3.63) is 34.7 Å². The van der Waals surface area contributed by atoms with Gasteiger partial charge in [-0.1, -0.05) is 30.7 Å². The maximum Gasteiger partial charge on any atom is 0.160 e. The average molecular weight is 291 g/mol. The van der Waals surface area contributed by atoms with E-state index >= 15 is 0 Å². The molecule has 0 saturated heterocycles. The van der Waals surface area contributed by atoms with Crippen molar-refractivity contribution in [1.29, 1.82) is 5.53 Å². The van der Waals surface area contributed by atoms with Crippen LogP contribution in [-0.2, 0) is 0 Å². The standard InChI is InChI=1S/C10H13N9O2/c1-2-4-10(12-20)8-5-3-6-9(7-8)21-19-18-17-16-15-14-13-11/h3,5-7,10-11H,2,4H2,1H3. The summed E-state index contributed by atoms with van der Waals surface area (Å²) >= 11 is 0. The number of rotatable bonds is 9. The maximum absolute atomic E-state index is 10.8. The molecule has 0 saturated carbocycles. The zero-order chi connectivity index (χ0) is 15.3. The minimum atomic E-state index is -0.413. The Morgan fingerprint density at radius 1 is 1.19 bits per heavy atom. The Morgan fingerprint density at radius 2 is 1.95 bits per heavy atom. The molecule has 0 bridgehead atoms. The van der Waals surface area contributed by atoms with Crippen LogP contribution in [0.5, 0.6) is 5.75 Å². The van der Waals surface area contributed by atoms with Gasteiger partial charge in [0.25, 0.3) is 0 Å². The number of hydrogen-bond donors (Lipinski definition) is 1. The summed E-state index contributed by atoms with van der Waals surface area (Å²) in [5, 5.41) is 24.1. The smallest absolute Gasteiger partial charge is 0.160 e. The van der Waals surface area contributed by atoms with Crippen molar-refractivity contribution in [2.24, 2.45) is 41.8 Å². The summed E-state index contributed by atoms with van der Waals surface area (Å²) in [6, 6.07) is 6.39. The first kappa shape index (κ1) is 16.1. The molecule has 0 spiro atoms. The Balaban J connectivity index is 2.62. The molecule has 0 aliphatic carbocycles. The highest BCUT2D eigenvalue weighted by Gasteiger charge is 2.11. The number of benzene rings is 1. The summed E-state index contributed by atoms with van der Waals surface area (Å²) < 4.78 is 0. The van der Waals surface area contributed by atoms with Gasteiger partial charge in [0.2, 0.25) is 0 Å². The molecule has 11 nitrogen and oxygen atoms in total. The van der Waals surface area contributed by atoms with Gasteiger partial charge in [-0.05, 0) is 39.8 Å². The molecule has 110 valence electrons. The van der Waals surface area contributed by atoms with E-state index in [0.717, 1.165) is 12.0 Å². The van der Waals surface area contributed by atoms with Gasteiger partial charge in [-0.3, -0.25) is 0 Å². The van der Waals surface area contributed by atoms with Crippen molar-refractivity contribution >= 4 is 0 Å². The van der Waals surface area contributed by atoms with Crippen molar-refractivity contribution < 1.29 is 4.84 Å². The Bertz CT molecular complexity index is 543. The molecule has 1 atom stereocenters. The Morgan fingerprint density at radius 3 is 2.67 bits per heavy atom. The number of nitrogens with zero attached hydrogens (tertiary/aromatic N) is 8. The van der Waals surface area contributed by atoms with Crippen LogP contribution in [0.1, 0.15) is 31.4 Å². The van der Waals surface area contributed by atoms with Crippen LogP contribution in [0.2, 0.25) is 0 Å². The van der Waals surface area contributed by atoms with Crippen LogP contribution in [-0.4, -0.2) is 0 Å². The van der Waals surface area contributed by atoms with Crippen molar-refractivity contribution in [3.8, 4) is 5.75 Å². The van der Waals surface area contributed by atoms with Gasteiger partial charge in [-0.25, -0.2) is 0 Å². The molecule has 0 aliphatic heterocycles. The molecular formula is C10H13N9O2. The minimum Gasteiger partial charge on any atom is -0.338 e. The third-order valence-corrected chi connectivity index (χ3v) is 2.32. The molecule has 0 aliphatic rings. The largest absolute Gasteiger partial charge is 0.338 e. The highest BCUT2D eigenvalue weighted by molar-refractivity contribution is 5.30. The minimum absolute atomic E-state index is 0.388. The van der Waals surface area contributed by atoms with Gasteiger partial charge in [-0.2, -0.15) is 10.4 Å². The normalized spacial score (nSPS) is 13.0. The summed E-state index contributed by atoms with van der Waals surface area (Å²) in [5.41, 5.74) is 7.03. The van der Waals surface area contributed by atoms with Gasteiger partial charge in [0.05, 0.1) is 5.28 Å². The lowest BCUT2D eigenvalue weighted by Gasteiger charge is -2.08. The van der Waals surface area contributed by atoms with Gasteiger partial charge in [-0.15, -0.1) is 0 Å². The second-order valence-corrected chi connectivity index (χ2v) is 3.70. The quantitative estimate of drug-likeness (QED) is 0.398. The highest BCUT2D eigenvalue weighted by atomic mass is 16.6. The van der Waals surface area contributed by atoms with E-state index < -0.39 is 6.04 Å². The lowest BCUT2D eigenvalue weighted by atomic mass is 10.0. The predicted octanol–water partition coefficient (Wildman–Crippen LogP) is 4.72. The summed E-state index contributed by atoms with van der Waals surface area (Å²) in [6.07, 6.45) is 1.51. The fraction of sp³-hybridized carbons (Fsp3) is 0.400. The third-order valence-electron chi connectivity index (χ3n) is 2.32. The van der Waals surface area contributed by atoms with Crippen LogP contribution >= 0.6 is 0 Å². The number of nitroso groups, excluding NO2 is 1. The molecule has 1 unspecified atom stereocenters. The van der Waals surface area contributed by atoms with Gasteiger partial charge < -0.3 is 4.84 Å². The monoisotopic (exact) mass is 291 g/mol. The molecule has 11 heteroatoms. The van der Waals surface area contributed by atoms with E-state index in [4.69, 9.17) is 10.4 Å². The lowest BCUT2D eigenvalue weighted by Crippen LogP contribution is -1.94. The molecule has 1 aromatic rings. The molecule has 1 rings (SSSR count). The molecular weight excluding hydrogens is 278 g/mol. The van der Waals surface area contributed by atoms with Crippen LogP contribution in [0.3, 0.4) is 0 Å². The fourth-order valence-electron chi connectivity index (χ4n) is 1.49. The third kappa shape index (κ3) is 6.13. The van der Waals surface area contributed by atoms with Crippen molar-refractivity contribution in [3.63, 3.8) is 0 Å². The van der Waals surface area contributed by atoms with E-state index in [2.05, 4.69) is 41.8 Å². The van der Waals surface area contributed by atoms with Crippen LogP contribution in [0.25, 0.3) is 0 Å². The second kappa shape index (κ2) is 9.89. The molecule has 1 aromatic carbocycles. The Labute approximate surface area is 119 Å². The predicted molar refractivity (Wildman–Crippen MR) is 70.2 cm³/mol. The van der Waals surface area contributed by atoms with Crippen molar-refractivity contribution in [2.75, 3.05) is 0 Å². The van der Waals surface area contributed by atoms with E-state index in [1.165, 1.54) is 0 Å². The first-order valence-corrected chi connectivity index (χ1v) is 5.98. The summed E-state index contributed by atoms with van der Waals surface area (Å²) in [5.74, 6) is 0.388. The summed E-state index contributed by atoms with van der Waals surface area (Å²) in [6.45, 7) is 1.98. The van der Waals surface area contributed by atoms with Crippen LogP contribution in [0, 0.1) is 10.4 Å². The molecule has 0 heterocycles. The summed E-state index contributed by atoms with van der Waals surface area (Å²) in [7, 11) is 0. The van der Waals surface area contributed by atoms with Crippen molar-refractivity contribution in [1.82, 2.24) is 0 Å². The number of nitrogens with one attached hydrogen (secondary N) is 1. The molecule has 0 fully saturated rings. The van der Waals surface area contributed by atoms with E-state index in [0.29, 0.717) is 12.2 Å². The maximum atomic E-state index is 10.8. The van der Waals surface area contributed by atoms with E-state index in [1.807, 2.05) is 6.92 Å². The Hall–Kier alpha value is -2.98. The molecule has 0 radical (unpaired) electrons. The molecule has 0 amide bonds. The van der Waals surface area contributed by atoms with Gasteiger partial charge in [0.15, 0.2) is 5.75 Å². The molecule has 21 heavy (non-hydrogen) atoms. The highest BCUT2D eigenvalue weighted by Crippen LogP contribution is 2.25. The number of hydrogen-bond acceptors (Lipinski definition) is 5. The Kier molecular flexibility index (Phi) is 7.57. The summed E-state index contributed by atoms with van der Waals surface area (Å²) in [4.78, 5) is 15.7. The zero-order valence-electron chi connectivity index (χ0n) is 11.2.